The second kappa shape index (κ2) is 5.30. The van der Waals surface area contributed by atoms with E-state index in [-0.39, 0.29) is 0 Å². The van der Waals surface area contributed by atoms with Gasteiger partial charge < -0.3 is 5.11 Å². The molecule has 1 N–H and O–H groups in total. The maximum absolute atomic E-state index is 10.6. The van der Waals surface area contributed by atoms with E-state index in [2.05, 4.69) is 31.0 Å². The van der Waals surface area contributed by atoms with Gasteiger partial charge >= 0.3 is 0 Å². The minimum atomic E-state index is -0.662. The molecule has 2 nitrogen and oxygen atoms in total. The van der Waals surface area contributed by atoms with Gasteiger partial charge in [0.15, 0.2) is 0 Å². The molecule has 0 amide bonds. The number of benzene rings is 1. The number of hydrogen-bond acceptors (Lipinski definition) is 2. The van der Waals surface area contributed by atoms with Crippen molar-refractivity contribution in [3.63, 3.8) is 0 Å². The van der Waals surface area contributed by atoms with Gasteiger partial charge in [0.05, 0.1) is 11.1 Å². The molecule has 0 saturated heterocycles. The highest BCUT2D eigenvalue weighted by atomic mass is 16.3. The number of rotatable bonds is 4. The topological polar surface area (TPSA) is 33.1 Å². The summed E-state index contributed by atoms with van der Waals surface area (Å²) in [6.45, 7) is 8.22. The van der Waals surface area contributed by atoms with Gasteiger partial charge in [0, 0.05) is 17.5 Å². The summed E-state index contributed by atoms with van der Waals surface area (Å²) in [5.41, 5.74) is 2.55. The van der Waals surface area contributed by atoms with Crippen LogP contribution in [0.4, 0.5) is 0 Å². The van der Waals surface area contributed by atoms with Gasteiger partial charge in [-0.2, -0.15) is 0 Å². The summed E-state index contributed by atoms with van der Waals surface area (Å²) in [6, 6.07) is 10.2. The Morgan fingerprint density at radius 2 is 1.95 bits per heavy atom. The Bertz CT molecular complexity index is 572. The van der Waals surface area contributed by atoms with E-state index < -0.39 is 5.60 Å². The van der Waals surface area contributed by atoms with Crippen LogP contribution in [0.2, 0.25) is 0 Å². The van der Waals surface area contributed by atoms with Gasteiger partial charge in [0.2, 0.25) is 0 Å². The third-order valence-corrected chi connectivity index (χ3v) is 3.35. The molecule has 19 heavy (non-hydrogen) atoms. The van der Waals surface area contributed by atoms with Gasteiger partial charge in [-0.15, -0.1) is 0 Å². The molecule has 0 fully saturated rings. The van der Waals surface area contributed by atoms with Crippen LogP contribution < -0.4 is 0 Å². The predicted molar refractivity (Wildman–Crippen MR) is 80.3 cm³/mol. The summed E-state index contributed by atoms with van der Waals surface area (Å²) in [4.78, 5) is 4.55. The fourth-order valence-corrected chi connectivity index (χ4v) is 2.90. The van der Waals surface area contributed by atoms with Crippen molar-refractivity contribution in [1.29, 1.82) is 0 Å². The highest BCUT2D eigenvalue weighted by molar-refractivity contribution is 5.82. The first-order valence-electron chi connectivity index (χ1n) is 6.95. The van der Waals surface area contributed by atoms with Gasteiger partial charge in [0.25, 0.3) is 0 Å². The number of pyridine rings is 1. The maximum Gasteiger partial charge on any atom is 0.0707 e. The third kappa shape index (κ3) is 3.54. The fourth-order valence-electron chi connectivity index (χ4n) is 2.90. The minimum Gasteiger partial charge on any atom is -0.390 e. The molecule has 102 valence electrons. The lowest BCUT2D eigenvalue weighted by molar-refractivity contribution is 0.0391. The molecular formula is C17H23NO. The Hall–Kier alpha value is -1.41. The van der Waals surface area contributed by atoms with Crippen LogP contribution in [0.25, 0.3) is 10.9 Å². The largest absolute Gasteiger partial charge is 0.390 e. The normalized spacial score (nSPS) is 14.8. The monoisotopic (exact) mass is 257 g/mol. The fraction of sp³-hybridized carbons (Fsp3) is 0.471. The number of hydrogen-bond donors (Lipinski definition) is 1. The van der Waals surface area contributed by atoms with E-state index >= 15 is 0 Å². The summed E-state index contributed by atoms with van der Waals surface area (Å²) in [6.07, 6.45) is 1.48. The van der Waals surface area contributed by atoms with Crippen molar-refractivity contribution in [2.24, 2.45) is 5.92 Å². The molecule has 0 aliphatic heterocycles. The van der Waals surface area contributed by atoms with Crippen molar-refractivity contribution in [3.05, 3.63) is 41.6 Å². The summed E-state index contributed by atoms with van der Waals surface area (Å²) in [5, 5.41) is 11.7. The Kier molecular flexibility index (Phi) is 3.91. The first kappa shape index (κ1) is 14.0. The van der Waals surface area contributed by atoms with Gasteiger partial charge in [-0.05, 0) is 43.9 Å². The van der Waals surface area contributed by atoms with Crippen molar-refractivity contribution < 1.29 is 5.11 Å². The van der Waals surface area contributed by atoms with E-state index in [0.29, 0.717) is 12.3 Å². The van der Waals surface area contributed by atoms with Crippen LogP contribution in [0.3, 0.4) is 0 Å². The lowest BCUT2D eigenvalue weighted by Gasteiger charge is -2.26. The first-order chi connectivity index (χ1) is 8.87. The molecule has 0 aliphatic carbocycles. The summed E-state index contributed by atoms with van der Waals surface area (Å²) >= 11 is 0. The molecule has 1 heterocycles. The lowest BCUT2D eigenvalue weighted by atomic mass is 9.87. The second-order valence-electron chi connectivity index (χ2n) is 6.21. The number of nitrogens with zero attached hydrogens (tertiary/aromatic N) is 1. The average Bonchev–Trinajstić information content (AvgIpc) is 2.26. The molecule has 0 bridgehead atoms. The maximum atomic E-state index is 10.6. The van der Waals surface area contributed by atoms with Crippen LogP contribution in [-0.4, -0.2) is 15.7 Å². The van der Waals surface area contributed by atoms with Gasteiger partial charge in [-0.3, -0.25) is 4.98 Å². The van der Waals surface area contributed by atoms with E-state index in [9.17, 15) is 5.11 Å². The molecule has 2 rings (SSSR count). The van der Waals surface area contributed by atoms with E-state index in [4.69, 9.17) is 0 Å². The molecule has 0 saturated carbocycles. The van der Waals surface area contributed by atoms with E-state index in [0.717, 1.165) is 23.0 Å². The second-order valence-corrected chi connectivity index (χ2v) is 6.21. The van der Waals surface area contributed by atoms with Crippen LogP contribution in [0.1, 0.15) is 38.4 Å². The molecule has 1 aromatic heterocycles. The Morgan fingerprint density at radius 3 is 2.63 bits per heavy atom. The highest BCUT2D eigenvalue weighted by Crippen LogP contribution is 2.26. The number of fused-ring (bicyclic) bond motifs is 1. The Morgan fingerprint density at radius 1 is 1.26 bits per heavy atom. The molecule has 2 aromatic rings. The number of aliphatic hydroxyl groups is 1. The standard InChI is InChI=1S/C17H23NO/c1-12(2)10-17(4,19)11-14-9-13(3)18-16-8-6-5-7-15(14)16/h5-9,12,19H,10-11H2,1-4H3. The number of aryl methyl sites for hydroxylation is 1. The average molecular weight is 257 g/mol. The van der Waals surface area contributed by atoms with Crippen molar-refractivity contribution in [2.45, 2.75) is 46.1 Å². The molecule has 0 radical (unpaired) electrons. The van der Waals surface area contributed by atoms with Crippen LogP contribution in [0.15, 0.2) is 30.3 Å². The van der Waals surface area contributed by atoms with Gasteiger partial charge in [0.1, 0.15) is 0 Å². The van der Waals surface area contributed by atoms with Crippen LogP contribution in [-0.2, 0) is 6.42 Å². The first-order valence-corrected chi connectivity index (χ1v) is 6.95. The molecule has 1 unspecified atom stereocenters. The van der Waals surface area contributed by atoms with E-state index in [1.807, 2.05) is 32.0 Å². The SMILES string of the molecule is Cc1cc(CC(C)(O)CC(C)C)c2ccccc2n1. The minimum absolute atomic E-state index is 0.490. The van der Waals surface area contributed by atoms with Crippen LogP contribution in [0, 0.1) is 12.8 Å². The van der Waals surface area contributed by atoms with Crippen molar-refractivity contribution in [3.8, 4) is 0 Å². The van der Waals surface area contributed by atoms with Crippen molar-refractivity contribution in [2.75, 3.05) is 0 Å². The van der Waals surface area contributed by atoms with E-state index in [1.54, 1.807) is 0 Å². The van der Waals surface area contributed by atoms with Crippen molar-refractivity contribution >= 4 is 10.9 Å². The van der Waals surface area contributed by atoms with Crippen molar-refractivity contribution in [1.82, 2.24) is 4.98 Å². The Labute approximate surface area is 115 Å². The molecule has 0 aliphatic rings. The predicted octanol–water partition coefficient (Wildman–Crippen LogP) is 3.88. The molecule has 2 heteroatoms. The Balaban J connectivity index is 2.39. The smallest absolute Gasteiger partial charge is 0.0707 e. The number of aromatic nitrogens is 1. The highest BCUT2D eigenvalue weighted by Gasteiger charge is 2.23. The zero-order valence-electron chi connectivity index (χ0n) is 12.3. The van der Waals surface area contributed by atoms with E-state index in [1.165, 1.54) is 5.56 Å². The molecule has 1 aromatic carbocycles. The molecular weight excluding hydrogens is 234 g/mol. The summed E-state index contributed by atoms with van der Waals surface area (Å²) in [5.74, 6) is 0.490. The molecule has 0 spiro atoms. The van der Waals surface area contributed by atoms with Gasteiger partial charge in [-0.25, -0.2) is 0 Å². The number of para-hydroxylation sites is 1. The molecule has 1 atom stereocenters. The van der Waals surface area contributed by atoms with Crippen LogP contribution in [0.5, 0.6) is 0 Å². The zero-order chi connectivity index (χ0) is 14.0. The lowest BCUT2D eigenvalue weighted by Crippen LogP contribution is -2.29. The summed E-state index contributed by atoms with van der Waals surface area (Å²) < 4.78 is 0. The quantitative estimate of drug-likeness (QED) is 0.901. The third-order valence-electron chi connectivity index (χ3n) is 3.35. The van der Waals surface area contributed by atoms with Crippen LogP contribution >= 0.6 is 0 Å². The summed E-state index contributed by atoms with van der Waals surface area (Å²) in [7, 11) is 0. The zero-order valence-corrected chi connectivity index (χ0v) is 12.3. The van der Waals surface area contributed by atoms with Gasteiger partial charge in [-0.1, -0.05) is 32.0 Å².